The number of pyridine rings is 1. The molecule has 1 aromatic rings. The SMILES string of the molecule is CCCN(CCC)c1cnc(N)c(C)c1. The second kappa shape index (κ2) is 5.59. The van der Waals surface area contributed by atoms with Crippen LogP contribution in [0, 0.1) is 6.92 Å². The molecule has 0 unspecified atom stereocenters. The first-order valence-corrected chi connectivity index (χ1v) is 5.66. The minimum absolute atomic E-state index is 0.631. The van der Waals surface area contributed by atoms with E-state index in [1.807, 2.05) is 13.1 Å². The molecule has 0 fully saturated rings. The van der Waals surface area contributed by atoms with Crippen LogP contribution in [-0.4, -0.2) is 18.1 Å². The number of hydrogen-bond acceptors (Lipinski definition) is 3. The third-order valence-corrected chi connectivity index (χ3v) is 2.46. The Labute approximate surface area is 92.3 Å². The lowest BCUT2D eigenvalue weighted by molar-refractivity contribution is 0.743. The zero-order chi connectivity index (χ0) is 11.3. The zero-order valence-corrected chi connectivity index (χ0v) is 9.95. The van der Waals surface area contributed by atoms with Crippen molar-refractivity contribution in [3.05, 3.63) is 17.8 Å². The Bertz CT molecular complexity index is 304. The van der Waals surface area contributed by atoms with Crippen molar-refractivity contribution in [2.45, 2.75) is 33.6 Å². The van der Waals surface area contributed by atoms with E-state index < -0.39 is 0 Å². The van der Waals surface area contributed by atoms with Crippen LogP contribution < -0.4 is 10.6 Å². The largest absolute Gasteiger partial charge is 0.383 e. The molecule has 0 amide bonds. The maximum Gasteiger partial charge on any atom is 0.126 e. The van der Waals surface area contributed by atoms with Crippen LogP contribution in [-0.2, 0) is 0 Å². The first kappa shape index (κ1) is 11.8. The third-order valence-electron chi connectivity index (χ3n) is 2.46. The normalized spacial score (nSPS) is 10.3. The molecule has 0 bridgehead atoms. The Morgan fingerprint density at radius 2 is 1.87 bits per heavy atom. The van der Waals surface area contributed by atoms with E-state index in [0.29, 0.717) is 5.82 Å². The summed E-state index contributed by atoms with van der Waals surface area (Å²) in [5, 5.41) is 0. The van der Waals surface area contributed by atoms with Crippen LogP contribution in [0.15, 0.2) is 12.3 Å². The molecule has 0 aliphatic heterocycles. The van der Waals surface area contributed by atoms with E-state index in [0.717, 1.165) is 31.5 Å². The van der Waals surface area contributed by atoms with Crippen LogP contribution in [0.4, 0.5) is 11.5 Å². The van der Waals surface area contributed by atoms with Crippen molar-refractivity contribution >= 4 is 11.5 Å². The summed E-state index contributed by atoms with van der Waals surface area (Å²) in [7, 11) is 0. The van der Waals surface area contributed by atoms with Crippen molar-refractivity contribution in [3.63, 3.8) is 0 Å². The molecule has 0 aliphatic rings. The second-order valence-electron chi connectivity index (χ2n) is 3.88. The van der Waals surface area contributed by atoms with Gasteiger partial charge in [-0.25, -0.2) is 4.98 Å². The molecule has 15 heavy (non-hydrogen) atoms. The minimum atomic E-state index is 0.631. The van der Waals surface area contributed by atoms with E-state index in [1.54, 1.807) is 0 Å². The molecule has 0 radical (unpaired) electrons. The highest BCUT2D eigenvalue weighted by Crippen LogP contribution is 2.18. The molecule has 3 nitrogen and oxygen atoms in total. The van der Waals surface area contributed by atoms with Crippen LogP contribution >= 0.6 is 0 Å². The average molecular weight is 207 g/mol. The number of aryl methyl sites for hydroxylation is 1. The van der Waals surface area contributed by atoms with Crippen molar-refractivity contribution in [3.8, 4) is 0 Å². The molecule has 0 saturated heterocycles. The molecule has 0 spiro atoms. The van der Waals surface area contributed by atoms with Gasteiger partial charge < -0.3 is 10.6 Å². The number of nitrogens with zero attached hydrogens (tertiary/aromatic N) is 2. The van der Waals surface area contributed by atoms with E-state index in [1.165, 1.54) is 5.69 Å². The van der Waals surface area contributed by atoms with E-state index in [2.05, 4.69) is 29.8 Å². The number of aromatic nitrogens is 1. The Kier molecular flexibility index (Phi) is 4.40. The predicted molar refractivity (Wildman–Crippen MR) is 66.2 cm³/mol. The summed E-state index contributed by atoms with van der Waals surface area (Å²) in [6.07, 6.45) is 4.18. The minimum Gasteiger partial charge on any atom is -0.383 e. The smallest absolute Gasteiger partial charge is 0.126 e. The number of nitrogen functional groups attached to an aromatic ring is 1. The van der Waals surface area contributed by atoms with E-state index in [-0.39, 0.29) is 0 Å². The summed E-state index contributed by atoms with van der Waals surface area (Å²) in [5.74, 6) is 0.631. The summed E-state index contributed by atoms with van der Waals surface area (Å²) in [6, 6.07) is 2.12. The molecule has 84 valence electrons. The molecule has 1 aromatic heterocycles. The molecule has 0 saturated carbocycles. The van der Waals surface area contributed by atoms with Crippen molar-refractivity contribution in [1.29, 1.82) is 0 Å². The Morgan fingerprint density at radius 3 is 2.33 bits per heavy atom. The fraction of sp³-hybridized carbons (Fsp3) is 0.583. The fourth-order valence-corrected chi connectivity index (χ4v) is 1.65. The lowest BCUT2D eigenvalue weighted by Gasteiger charge is -2.23. The Balaban J connectivity index is 2.85. The number of anilines is 2. The third kappa shape index (κ3) is 3.11. The van der Waals surface area contributed by atoms with Gasteiger partial charge in [-0.3, -0.25) is 0 Å². The van der Waals surface area contributed by atoms with Crippen LogP contribution in [0.2, 0.25) is 0 Å². The van der Waals surface area contributed by atoms with Gasteiger partial charge in [0.1, 0.15) is 5.82 Å². The monoisotopic (exact) mass is 207 g/mol. The molecular formula is C12H21N3. The van der Waals surface area contributed by atoms with Gasteiger partial charge in [0.05, 0.1) is 11.9 Å². The molecular weight excluding hydrogens is 186 g/mol. The fourth-order valence-electron chi connectivity index (χ4n) is 1.65. The molecule has 1 rings (SSSR count). The first-order chi connectivity index (χ1) is 7.19. The Morgan fingerprint density at radius 1 is 1.27 bits per heavy atom. The van der Waals surface area contributed by atoms with Gasteiger partial charge in [0, 0.05) is 13.1 Å². The van der Waals surface area contributed by atoms with Crippen molar-refractivity contribution in [2.24, 2.45) is 0 Å². The molecule has 0 aliphatic carbocycles. The van der Waals surface area contributed by atoms with Gasteiger partial charge >= 0.3 is 0 Å². The van der Waals surface area contributed by atoms with Gasteiger partial charge in [-0.2, -0.15) is 0 Å². The maximum atomic E-state index is 5.71. The summed E-state index contributed by atoms with van der Waals surface area (Å²) in [4.78, 5) is 6.56. The molecule has 0 atom stereocenters. The van der Waals surface area contributed by atoms with Gasteiger partial charge in [0.2, 0.25) is 0 Å². The summed E-state index contributed by atoms with van der Waals surface area (Å²) >= 11 is 0. The van der Waals surface area contributed by atoms with E-state index in [4.69, 9.17) is 5.73 Å². The summed E-state index contributed by atoms with van der Waals surface area (Å²) < 4.78 is 0. The standard InChI is InChI=1S/C12H21N3/c1-4-6-15(7-5-2)11-8-10(3)12(13)14-9-11/h8-9H,4-7H2,1-3H3,(H2,13,14). The number of rotatable bonds is 5. The van der Waals surface area contributed by atoms with Crippen molar-refractivity contribution in [2.75, 3.05) is 23.7 Å². The van der Waals surface area contributed by atoms with Gasteiger partial charge in [0.15, 0.2) is 0 Å². The lowest BCUT2D eigenvalue weighted by atomic mass is 10.2. The quantitative estimate of drug-likeness (QED) is 0.807. The van der Waals surface area contributed by atoms with Crippen LogP contribution in [0.25, 0.3) is 0 Å². The highest BCUT2D eigenvalue weighted by molar-refractivity contribution is 5.52. The molecule has 2 N–H and O–H groups in total. The van der Waals surface area contributed by atoms with E-state index in [9.17, 15) is 0 Å². The van der Waals surface area contributed by atoms with Gasteiger partial charge in [-0.15, -0.1) is 0 Å². The predicted octanol–water partition coefficient (Wildman–Crippen LogP) is 2.60. The summed E-state index contributed by atoms with van der Waals surface area (Å²) in [5.41, 5.74) is 7.95. The van der Waals surface area contributed by atoms with Gasteiger partial charge in [0.25, 0.3) is 0 Å². The van der Waals surface area contributed by atoms with Gasteiger partial charge in [-0.1, -0.05) is 13.8 Å². The lowest BCUT2D eigenvalue weighted by Crippen LogP contribution is -2.25. The van der Waals surface area contributed by atoms with Crippen LogP contribution in [0.3, 0.4) is 0 Å². The average Bonchev–Trinajstić information content (AvgIpc) is 2.22. The van der Waals surface area contributed by atoms with Crippen LogP contribution in [0.5, 0.6) is 0 Å². The highest BCUT2D eigenvalue weighted by atomic mass is 15.1. The van der Waals surface area contributed by atoms with Crippen LogP contribution in [0.1, 0.15) is 32.3 Å². The topological polar surface area (TPSA) is 42.2 Å². The second-order valence-corrected chi connectivity index (χ2v) is 3.88. The van der Waals surface area contributed by atoms with Crippen molar-refractivity contribution < 1.29 is 0 Å². The molecule has 3 heteroatoms. The molecule has 0 aromatic carbocycles. The van der Waals surface area contributed by atoms with Gasteiger partial charge in [-0.05, 0) is 31.4 Å². The molecule has 1 heterocycles. The van der Waals surface area contributed by atoms with E-state index >= 15 is 0 Å². The highest BCUT2D eigenvalue weighted by Gasteiger charge is 2.06. The van der Waals surface area contributed by atoms with Crippen molar-refractivity contribution in [1.82, 2.24) is 4.98 Å². The Hall–Kier alpha value is -1.25. The zero-order valence-electron chi connectivity index (χ0n) is 9.95. The summed E-state index contributed by atoms with van der Waals surface area (Å²) in [6.45, 7) is 8.56. The number of nitrogens with two attached hydrogens (primary N) is 1. The maximum absolute atomic E-state index is 5.71. The first-order valence-electron chi connectivity index (χ1n) is 5.66. The number of hydrogen-bond donors (Lipinski definition) is 1.